The van der Waals surface area contributed by atoms with Crippen molar-refractivity contribution in [3.63, 3.8) is 0 Å². The largest absolute Gasteiger partial charge is 0.497 e. The SMILES string of the molecule is COc1cccc(N(Cc2cccnc2)C(=O)COc2ccccc2)c1. The van der Waals surface area contributed by atoms with E-state index in [1.165, 1.54) is 0 Å². The molecule has 0 spiro atoms. The summed E-state index contributed by atoms with van der Waals surface area (Å²) in [7, 11) is 1.60. The van der Waals surface area contributed by atoms with Crippen LogP contribution in [0, 0.1) is 0 Å². The highest BCUT2D eigenvalue weighted by atomic mass is 16.5. The number of methoxy groups -OCH3 is 1. The fourth-order valence-corrected chi connectivity index (χ4v) is 2.52. The van der Waals surface area contributed by atoms with Crippen LogP contribution >= 0.6 is 0 Å². The fraction of sp³-hybridized carbons (Fsp3) is 0.143. The van der Waals surface area contributed by atoms with Crippen molar-refractivity contribution in [1.82, 2.24) is 4.98 Å². The highest BCUT2D eigenvalue weighted by Crippen LogP contribution is 2.23. The van der Waals surface area contributed by atoms with E-state index < -0.39 is 0 Å². The van der Waals surface area contributed by atoms with E-state index in [0.717, 1.165) is 11.3 Å². The third-order valence-electron chi connectivity index (χ3n) is 3.84. The van der Waals surface area contributed by atoms with E-state index in [2.05, 4.69) is 4.98 Å². The van der Waals surface area contributed by atoms with Gasteiger partial charge in [-0.05, 0) is 35.9 Å². The standard InChI is InChI=1S/C21H20N2O3/c1-25-20-11-5-8-18(13-20)23(15-17-7-6-12-22-14-17)21(24)16-26-19-9-3-2-4-10-19/h2-14H,15-16H2,1H3. The minimum atomic E-state index is -0.147. The van der Waals surface area contributed by atoms with Gasteiger partial charge in [0.15, 0.2) is 6.61 Å². The van der Waals surface area contributed by atoms with Gasteiger partial charge in [-0.25, -0.2) is 0 Å². The highest BCUT2D eigenvalue weighted by molar-refractivity contribution is 5.94. The summed E-state index contributed by atoms with van der Waals surface area (Å²) in [5, 5.41) is 0. The first-order chi connectivity index (χ1) is 12.8. The molecule has 2 aromatic carbocycles. The summed E-state index contributed by atoms with van der Waals surface area (Å²) in [6.07, 6.45) is 3.46. The molecule has 0 saturated carbocycles. The first-order valence-corrected chi connectivity index (χ1v) is 8.27. The first kappa shape index (κ1) is 17.5. The molecule has 0 atom stereocenters. The molecule has 5 nitrogen and oxygen atoms in total. The second-order valence-electron chi connectivity index (χ2n) is 5.64. The predicted molar refractivity (Wildman–Crippen MR) is 100 cm³/mol. The smallest absolute Gasteiger partial charge is 0.265 e. The van der Waals surface area contributed by atoms with Crippen molar-refractivity contribution >= 4 is 11.6 Å². The van der Waals surface area contributed by atoms with Crippen molar-refractivity contribution in [3.8, 4) is 11.5 Å². The van der Waals surface area contributed by atoms with Crippen molar-refractivity contribution in [2.24, 2.45) is 0 Å². The van der Waals surface area contributed by atoms with Crippen LogP contribution in [-0.2, 0) is 11.3 Å². The molecule has 0 N–H and O–H groups in total. The number of hydrogen-bond acceptors (Lipinski definition) is 4. The molecule has 0 saturated heterocycles. The number of para-hydroxylation sites is 1. The molecule has 0 unspecified atom stereocenters. The Morgan fingerprint density at radius 2 is 1.81 bits per heavy atom. The molecule has 0 fully saturated rings. The Morgan fingerprint density at radius 3 is 2.54 bits per heavy atom. The van der Waals surface area contributed by atoms with Gasteiger partial charge in [0, 0.05) is 24.1 Å². The molecular formula is C21H20N2O3. The monoisotopic (exact) mass is 348 g/mol. The maximum Gasteiger partial charge on any atom is 0.265 e. The van der Waals surface area contributed by atoms with E-state index in [4.69, 9.17) is 9.47 Å². The second kappa shape index (κ2) is 8.67. The summed E-state index contributed by atoms with van der Waals surface area (Å²) in [4.78, 5) is 18.7. The Labute approximate surface area is 152 Å². The van der Waals surface area contributed by atoms with Crippen LogP contribution in [0.3, 0.4) is 0 Å². The Balaban J connectivity index is 1.80. The third-order valence-corrected chi connectivity index (χ3v) is 3.84. The molecule has 1 amide bonds. The van der Waals surface area contributed by atoms with Gasteiger partial charge in [-0.2, -0.15) is 0 Å². The first-order valence-electron chi connectivity index (χ1n) is 8.27. The number of hydrogen-bond donors (Lipinski definition) is 0. The fourth-order valence-electron chi connectivity index (χ4n) is 2.52. The zero-order chi connectivity index (χ0) is 18.2. The summed E-state index contributed by atoms with van der Waals surface area (Å²) < 4.78 is 10.9. The lowest BCUT2D eigenvalue weighted by Gasteiger charge is -2.23. The van der Waals surface area contributed by atoms with Gasteiger partial charge in [-0.3, -0.25) is 9.78 Å². The molecule has 0 bridgehead atoms. The molecule has 0 radical (unpaired) electrons. The minimum absolute atomic E-state index is 0.0541. The Bertz CT molecular complexity index is 838. The topological polar surface area (TPSA) is 51.7 Å². The summed E-state index contributed by atoms with van der Waals surface area (Å²) in [5.41, 5.74) is 1.68. The van der Waals surface area contributed by atoms with Gasteiger partial charge in [0.1, 0.15) is 11.5 Å². The molecule has 3 rings (SSSR count). The lowest BCUT2D eigenvalue weighted by molar-refractivity contribution is -0.120. The Hall–Kier alpha value is -3.34. The third kappa shape index (κ3) is 4.60. The molecule has 26 heavy (non-hydrogen) atoms. The number of carbonyl (C=O) groups is 1. The number of pyridine rings is 1. The number of anilines is 1. The predicted octanol–water partition coefficient (Wildman–Crippen LogP) is 3.70. The number of rotatable bonds is 7. The lowest BCUT2D eigenvalue weighted by Crippen LogP contribution is -2.34. The highest BCUT2D eigenvalue weighted by Gasteiger charge is 2.18. The summed E-state index contributed by atoms with van der Waals surface area (Å²) >= 11 is 0. The number of benzene rings is 2. The Morgan fingerprint density at radius 1 is 1.00 bits per heavy atom. The van der Waals surface area contributed by atoms with E-state index in [1.807, 2.05) is 66.7 Å². The number of amides is 1. The van der Waals surface area contributed by atoms with Crippen molar-refractivity contribution < 1.29 is 14.3 Å². The van der Waals surface area contributed by atoms with E-state index in [-0.39, 0.29) is 12.5 Å². The summed E-state index contributed by atoms with van der Waals surface area (Å²) in [6.45, 7) is 0.347. The zero-order valence-electron chi connectivity index (χ0n) is 14.5. The van der Waals surface area contributed by atoms with Gasteiger partial charge in [-0.1, -0.05) is 30.3 Å². The molecule has 5 heteroatoms. The molecule has 132 valence electrons. The lowest BCUT2D eigenvalue weighted by atomic mass is 10.2. The van der Waals surface area contributed by atoms with Gasteiger partial charge in [0.2, 0.25) is 0 Å². The minimum Gasteiger partial charge on any atom is -0.497 e. The van der Waals surface area contributed by atoms with Gasteiger partial charge in [-0.15, -0.1) is 0 Å². The van der Waals surface area contributed by atoms with Crippen LogP contribution < -0.4 is 14.4 Å². The van der Waals surface area contributed by atoms with Crippen molar-refractivity contribution in [1.29, 1.82) is 0 Å². The second-order valence-corrected chi connectivity index (χ2v) is 5.64. The molecule has 0 aliphatic rings. The van der Waals surface area contributed by atoms with Gasteiger partial charge in [0.25, 0.3) is 5.91 Å². The van der Waals surface area contributed by atoms with Gasteiger partial charge >= 0.3 is 0 Å². The van der Waals surface area contributed by atoms with E-state index >= 15 is 0 Å². The quantitative estimate of drug-likeness (QED) is 0.653. The molecule has 0 aliphatic carbocycles. The number of ether oxygens (including phenoxy) is 2. The zero-order valence-corrected chi connectivity index (χ0v) is 14.5. The van der Waals surface area contributed by atoms with E-state index in [9.17, 15) is 4.79 Å². The maximum atomic E-state index is 12.9. The van der Waals surface area contributed by atoms with Crippen LogP contribution in [0.5, 0.6) is 11.5 Å². The molecule has 0 aliphatic heterocycles. The number of aromatic nitrogens is 1. The van der Waals surface area contributed by atoms with Crippen LogP contribution in [0.4, 0.5) is 5.69 Å². The average Bonchev–Trinajstić information content (AvgIpc) is 2.72. The maximum absolute atomic E-state index is 12.9. The normalized spacial score (nSPS) is 10.2. The summed E-state index contributed by atoms with van der Waals surface area (Å²) in [5.74, 6) is 1.20. The van der Waals surface area contributed by atoms with Crippen molar-refractivity contribution in [2.45, 2.75) is 6.54 Å². The van der Waals surface area contributed by atoms with Crippen LogP contribution in [0.1, 0.15) is 5.56 Å². The van der Waals surface area contributed by atoms with Crippen molar-refractivity contribution in [3.05, 3.63) is 84.7 Å². The Kier molecular flexibility index (Phi) is 5.83. The van der Waals surface area contributed by atoms with Crippen LogP contribution in [0.2, 0.25) is 0 Å². The molecular weight excluding hydrogens is 328 g/mol. The molecule has 3 aromatic rings. The molecule has 1 heterocycles. The number of nitrogens with zero attached hydrogens (tertiary/aromatic N) is 2. The molecule has 1 aromatic heterocycles. The van der Waals surface area contributed by atoms with Gasteiger partial charge in [0.05, 0.1) is 13.7 Å². The van der Waals surface area contributed by atoms with Gasteiger partial charge < -0.3 is 14.4 Å². The van der Waals surface area contributed by atoms with Crippen LogP contribution in [0.25, 0.3) is 0 Å². The number of carbonyl (C=O) groups excluding carboxylic acids is 1. The van der Waals surface area contributed by atoms with Crippen LogP contribution in [-0.4, -0.2) is 24.6 Å². The van der Waals surface area contributed by atoms with Crippen LogP contribution in [0.15, 0.2) is 79.1 Å². The van der Waals surface area contributed by atoms with E-state index in [0.29, 0.717) is 18.0 Å². The van der Waals surface area contributed by atoms with E-state index in [1.54, 1.807) is 24.4 Å². The van der Waals surface area contributed by atoms with Crippen molar-refractivity contribution in [2.75, 3.05) is 18.6 Å². The summed E-state index contributed by atoms with van der Waals surface area (Å²) in [6, 6.07) is 20.5. The average molecular weight is 348 g/mol.